The van der Waals surface area contributed by atoms with Gasteiger partial charge in [0.15, 0.2) is 0 Å². The van der Waals surface area contributed by atoms with Crippen LogP contribution in [0.25, 0.3) is 0 Å². The molecule has 140 valence electrons. The first kappa shape index (κ1) is 19.7. The Morgan fingerprint density at radius 2 is 1.84 bits per heavy atom. The van der Waals surface area contributed by atoms with Gasteiger partial charge >= 0.3 is 6.09 Å². The fourth-order valence-electron chi connectivity index (χ4n) is 3.18. The van der Waals surface area contributed by atoms with Crippen molar-refractivity contribution in [3.63, 3.8) is 0 Å². The highest BCUT2D eigenvalue weighted by Gasteiger charge is 2.28. The molecule has 1 aromatic rings. The molecule has 1 aliphatic rings. The van der Waals surface area contributed by atoms with E-state index < -0.39 is 5.60 Å². The molecule has 0 aromatic heterocycles. The average molecular weight is 350 g/mol. The molecule has 4 nitrogen and oxygen atoms in total. The van der Waals surface area contributed by atoms with E-state index in [0.717, 1.165) is 45.3 Å². The third-order valence-electron chi connectivity index (χ3n) is 4.63. The number of rotatable bonds is 5. The highest BCUT2D eigenvalue weighted by Crippen LogP contribution is 2.19. The molecule has 0 atom stereocenters. The Hall–Kier alpha value is -1.62. The molecule has 1 fully saturated rings. The summed E-state index contributed by atoms with van der Waals surface area (Å²) in [6.45, 7) is 8.20. The number of hydrogen-bond donors (Lipinski definition) is 0. The zero-order valence-electron chi connectivity index (χ0n) is 15.9. The van der Waals surface area contributed by atoms with Crippen molar-refractivity contribution in [3.8, 4) is 0 Å². The summed E-state index contributed by atoms with van der Waals surface area (Å²) >= 11 is 0. The summed E-state index contributed by atoms with van der Waals surface area (Å²) in [5.41, 5.74) is 0.736. The van der Waals surface area contributed by atoms with E-state index in [9.17, 15) is 9.18 Å². The molecule has 1 saturated heterocycles. The molecule has 1 aliphatic heterocycles. The maximum absolute atomic E-state index is 12.9. The molecule has 1 heterocycles. The third-order valence-corrected chi connectivity index (χ3v) is 4.63. The number of hydrogen-bond acceptors (Lipinski definition) is 3. The monoisotopic (exact) mass is 350 g/mol. The van der Waals surface area contributed by atoms with E-state index in [1.165, 1.54) is 17.7 Å². The lowest BCUT2D eigenvalue weighted by molar-refractivity contribution is 0.0156. The van der Waals surface area contributed by atoms with Crippen molar-refractivity contribution in [2.24, 2.45) is 0 Å². The van der Waals surface area contributed by atoms with E-state index in [4.69, 9.17) is 4.74 Å². The smallest absolute Gasteiger partial charge is 0.410 e. The number of carbonyl (C=O) groups is 1. The van der Waals surface area contributed by atoms with Crippen LogP contribution in [-0.4, -0.2) is 54.2 Å². The highest BCUT2D eigenvalue weighted by molar-refractivity contribution is 5.68. The summed E-state index contributed by atoms with van der Waals surface area (Å²) in [6, 6.07) is 7.26. The summed E-state index contributed by atoms with van der Waals surface area (Å²) in [5, 5.41) is 0. The van der Waals surface area contributed by atoms with Crippen molar-refractivity contribution in [3.05, 3.63) is 35.6 Å². The van der Waals surface area contributed by atoms with Gasteiger partial charge in [0.2, 0.25) is 0 Å². The van der Waals surface area contributed by atoms with Crippen molar-refractivity contribution in [2.75, 3.05) is 26.7 Å². The van der Waals surface area contributed by atoms with Crippen molar-refractivity contribution in [2.45, 2.75) is 58.1 Å². The summed E-state index contributed by atoms with van der Waals surface area (Å²) in [7, 11) is 2.15. The van der Waals surface area contributed by atoms with Gasteiger partial charge in [0.1, 0.15) is 11.4 Å². The van der Waals surface area contributed by atoms with Gasteiger partial charge in [-0.05, 0) is 77.7 Å². The molecule has 0 spiro atoms. The second-order valence-electron chi connectivity index (χ2n) is 7.91. The van der Waals surface area contributed by atoms with Crippen LogP contribution in [0.15, 0.2) is 24.3 Å². The second-order valence-corrected chi connectivity index (χ2v) is 7.91. The van der Waals surface area contributed by atoms with Crippen LogP contribution in [-0.2, 0) is 11.2 Å². The minimum absolute atomic E-state index is 0.183. The summed E-state index contributed by atoms with van der Waals surface area (Å²) in [5.74, 6) is -0.183. The van der Waals surface area contributed by atoms with Gasteiger partial charge in [-0.3, -0.25) is 0 Å². The Kier molecular flexibility index (Phi) is 6.82. The van der Waals surface area contributed by atoms with Gasteiger partial charge in [-0.15, -0.1) is 0 Å². The normalized spacial score (nSPS) is 16.3. The van der Waals surface area contributed by atoms with E-state index in [1.807, 2.05) is 37.8 Å². The van der Waals surface area contributed by atoms with E-state index in [-0.39, 0.29) is 11.9 Å². The van der Waals surface area contributed by atoms with Crippen LogP contribution in [0.4, 0.5) is 9.18 Å². The van der Waals surface area contributed by atoms with Crippen molar-refractivity contribution >= 4 is 6.09 Å². The van der Waals surface area contributed by atoms with Crippen LogP contribution in [0.3, 0.4) is 0 Å². The molecule has 2 rings (SSSR count). The van der Waals surface area contributed by atoms with Crippen LogP contribution in [0.1, 0.15) is 45.6 Å². The Balaban J connectivity index is 1.69. The highest BCUT2D eigenvalue weighted by atomic mass is 19.1. The van der Waals surface area contributed by atoms with Crippen LogP contribution >= 0.6 is 0 Å². The first-order valence-electron chi connectivity index (χ1n) is 9.17. The van der Waals surface area contributed by atoms with Crippen LogP contribution in [0.5, 0.6) is 0 Å². The van der Waals surface area contributed by atoms with Crippen molar-refractivity contribution in [1.82, 2.24) is 9.80 Å². The summed E-state index contributed by atoms with van der Waals surface area (Å²) in [4.78, 5) is 16.3. The Labute approximate surface area is 150 Å². The van der Waals surface area contributed by atoms with Gasteiger partial charge in [-0.1, -0.05) is 12.1 Å². The van der Waals surface area contributed by atoms with Gasteiger partial charge in [-0.2, -0.15) is 0 Å². The first-order valence-corrected chi connectivity index (χ1v) is 9.17. The third kappa shape index (κ3) is 6.65. The van der Waals surface area contributed by atoms with E-state index in [1.54, 1.807) is 0 Å². The van der Waals surface area contributed by atoms with E-state index in [2.05, 4.69) is 11.9 Å². The molecule has 0 unspecified atom stereocenters. The van der Waals surface area contributed by atoms with E-state index >= 15 is 0 Å². The number of piperidine rings is 1. The predicted molar refractivity (Wildman–Crippen MR) is 98.2 cm³/mol. The SMILES string of the molecule is CN(CCCc1ccc(F)cc1)C1CCN(C(=O)OC(C)(C)C)CC1. The fourth-order valence-corrected chi connectivity index (χ4v) is 3.18. The molecule has 5 heteroatoms. The lowest BCUT2D eigenvalue weighted by Gasteiger charge is -2.37. The number of benzene rings is 1. The number of aryl methyl sites for hydroxylation is 1. The molecule has 1 aromatic carbocycles. The summed E-state index contributed by atoms with van der Waals surface area (Å²) < 4.78 is 18.4. The minimum Gasteiger partial charge on any atom is -0.444 e. The van der Waals surface area contributed by atoms with Crippen LogP contribution < -0.4 is 0 Å². The zero-order valence-corrected chi connectivity index (χ0v) is 15.9. The van der Waals surface area contributed by atoms with Gasteiger partial charge < -0.3 is 14.5 Å². The van der Waals surface area contributed by atoms with E-state index in [0.29, 0.717) is 6.04 Å². The molecular weight excluding hydrogens is 319 g/mol. The molecular formula is C20H31FN2O2. The number of halogens is 1. The first-order chi connectivity index (χ1) is 11.7. The number of ether oxygens (including phenoxy) is 1. The Morgan fingerprint density at radius 1 is 1.24 bits per heavy atom. The Morgan fingerprint density at radius 3 is 2.40 bits per heavy atom. The van der Waals surface area contributed by atoms with Gasteiger partial charge in [0, 0.05) is 19.1 Å². The number of nitrogens with zero attached hydrogens (tertiary/aromatic N) is 2. The maximum Gasteiger partial charge on any atom is 0.410 e. The topological polar surface area (TPSA) is 32.8 Å². The fraction of sp³-hybridized carbons (Fsp3) is 0.650. The zero-order chi connectivity index (χ0) is 18.4. The second kappa shape index (κ2) is 8.65. The average Bonchev–Trinajstić information content (AvgIpc) is 2.55. The quantitative estimate of drug-likeness (QED) is 0.802. The van der Waals surface area contributed by atoms with Crippen LogP contribution in [0, 0.1) is 5.82 Å². The minimum atomic E-state index is -0.439. The molecule has 0 N–H and O–H groups in total. The van der Waals surface area contributed by atoms with Crippen molar-refractivity contribution in [1.29, 1.82) is 0 Å². The number of amides is 1. The van der Waals surface area contributed by atoms with Gasteiger partial charge in [-0.25, -0.2) is 9.18 Å². The number of carbonyl (C=O) groups excluding carboxylic acids is 1. The molecule has 0 aliphatic carbocycles. The maximum atomic E-state index is 12.9. The largest absolute Gasteiger partial charge is 0.444 e. The predicted octanol–water partition coefficient (Wildman–Crippen LogP) is 4.09. The number of likely N-dealkylation sites (tertiary alicyclic amines) is 1. The Bertz CT molecular complexity index is 546. The molecule has 25 heavy (non-hydrogen) atoms. The van der Waals surface area contributed by atoms with Crippen molar-refractivity contribution < 1.29 is 13.9 Å². The molecule has 0 bridgehead atoms. The lowest BCUT2D eigenvalue weighted by atomic mass is 10.0. The lowest BCUT2D eigenvalue weighted by Crippen LogP contribution is -2.47. The van der Waals surface area contributed by atoms with Crippen LogP contribution in [0.2, 0.25) is 0 Å². The van der Waals surface area contributed by atoms with Gasteiger partial charge in [0.25, 0.3) is 0 Å². The molecule has 1 amide bonds. The van der Waals surface area contributed by atoms with Gasteiger partial charge in [0.05, 0.1) is 0 Å². The molecule has 0 saturated carbocycles. The standard InChI is InChI=1S/C20H31FN2O2/c1-20(2,3)25-19(24)23-14-11-18(12-15-23)22(4)13-5-6-16-7-9-17(21)10-8-16/h7-10,18H,5-6,11-15H2,1-4H3. The molecule has 0 radical (unpaired) electrons. The summed E-state index contributed by atoms with van der Waals surface area (Å²) in [6.07, 6.45) is 3.76.